The second-order valence-electron chi connectivity index (χ2n) is 8.20. The van der Waals surface area contributed by atoms with Gasteiger partial charge in [0.1, 0.15) is 11.6 Å². The Morgan fingerprint density at radius 3 is 2.53 bits per heavy atom. The van der Waals surface area contributed by atoms with E-state index in [-0.39, 0.29) is 23.2 Å². The van der Waals surface area contributed by atoms with Gasteiger partial charge in [-0.25, -0.2) is 4.39 Å². The topological polar surface area (TPSA) is 84.6 Å². The third-order valence-corrected chi connectivity index (χ3v) is 6.20. The Labute approximate surface area is 184 Å². The molecule has 1 N–H and O–H groups in total. The fourth-order valence-corrected chi connectivity index (χ4v) is 4.68. The molecule has 0 saturated heterocycles. The van der Waals surface area contributed by atoms with Gasteiger partial charge < -0.3 is 5.32 Å². The quantitative estimate of drug-likeness (QED) is 0.425. The second-order valence-corrected chi connectivity index (χ2v) is 8.20. The van der Waals surface area contributed by atoms with Crippen LogP contribution in [0.1, 0.15) is 35.9 Å². The average Bonchev–Trinajstić information content (AvgIpc) is 2.96. The standard InChI is InChI=1S/C25H20FN3O3/c26-18-10-8-15(9-11-18)17-13-22-24(23(30)14-17)25(16-4-3-5-19(12-16)29(31)32)28-21-7-2-1-6-20(21)27-22/h1-12,17,24-25,28H,13-14H2/t17-,24-,25-/m0/s1. The van der Waals surface area contributed by atoms with Crippen molar-refractivity contribution in [1.82, 2.24) is 0 Å². The first-order valence-corrected chi connectivity index (χ1v) is 10.4. The first-order chi connectivity index (χ1) is 15.5. The van der Waals surface area contributed by atoms with Gasteiger partial charge in [-0.15, -0.1) is 0 Å². The lowest BCUT2D eigenvalue weighted by Gasteiger charge is -2.34. The fraction of sp³-hybridized carbons (Fsp3) is 0.200. The zero-order valence-corrected chi connectivity index (χ0v) is 17.1. The van der Waals surface area contributed by atoms with Crippen molar-refractivity contribution in [3.63, 3.8) is 0 Å². The molecule has 7 heteroatoms. The normalized spacial score (nSPS) is 22.1. The Hall–Kier alpha value is -3.87. The van der Waals surface area contributed by atoms with Crippen LogP contribution < -0.4 is 5.32 Å². The number of Topliss-reactive ketones (excluding diaryl/α,β-unsaturated/α-hetero) is 1. The summed E-state index contributed by atoms with van der Waals surface area (Å²) in [4.78, 5) is 29.2. The van der Waals surface area contributed by atoms with E-state index in [1.165, 1.54) is 24.3 Å². The Balaban J connectivity index is 1.59. The van der Waals surface area contributed by atoms with Crippen LogP contribution in [0, 0.1) is 21.8 Å². The lowest BCUT2D eigenvalue weighted by molar-refractivity contribution is -0.384. The molecule has 1 heterocycles. The van der Waals surface area contributed by atoms with Gasteiger partial charge in [0.25, 0.3) is 5.69 Å². The van der Waals surface area contributed by atoms with Crippen molar-refractivity contribution in [1.29, 1.82) is 0 Å². The number of ketones is 1. The van der Waals surface area contributed by atoms with E-state index < -0.39 is 16.9 Å². The predicted molar refractivity (Wildman–Crippen MR) is 120 cm³/mol. The molecule has 0 aromatic heterocycles. The van der Waals surface area contributed by atoms with Gasteiger partial charge in [0, 0.05) is 24.3 Å². The maximum absolute atomic E-state index is 13.5. The number of anilines is 1. The van der Waals surface area contributed by atoms with Gasteiger partial charge in [-0.1, -0.05) is 36.4 Å². The lowest BCUT2D eigenvalue weighted by Crippen LogP contribution is -2.38. The number of benzene rings is 3. The summed E-state index contributed by atoms with van der Waals surface area (Å²) in [6.07, 6.45) is 0.863. The number of nitro groups is 1. The van der Waals surface area contributed by atoms with Crippen LogP contribution in [0.15, 0.2) is 77.8 Å². The van der Waals surface area contributed by atoms with Crippen LogP contribution in [-0.2, 0) is 4.79 Å². The third-order valence-electron chi connectivity index (χ3n) is 6.20. The molecule has 1 aliphatic heterocycles. The molecule has 3 aromatic carbocycles. The summed E-state index contributed by atoms with van der Waals surface area (Å²) in [5, 5.41) is 14.8. The van der Waals surface area contributed by atoms with Crippen molar-refractivity contribution in [2.75, 3.05) is 5.32 Å². The van der Waals surface area contributed by atoms with E-state index in [4.69, 9.17) is 4.99 Å². The SMILES string of the molecule is O=C1C[C@@H](c2ccc(F)cc2)CC2=Nc3ccccc3N[C@@H](c3cccc([N+](=O)[O-])c3)[C@H]12. The number of rotatable bonds is 3. The van der Waals surface area contributed by atoms with E-state index in [1.54, 1.807) is 24.3 Å². The summed E-state index contributed by atoms with van der Waals surface area (Å²) in [5.41, 5.74) is 3.79. The Morgan fingerprint density at radius 1 is 0.969 bits per heavy atom. The number of para-hydroxylation sites is 2. The predicted octanol–water partition coefficient (Wildman–Crippen LogP) is 5.74. The van der Waals surface area contributed by atoms with Crippen molar-refractivity contribution >= 4 is 28.6 Å². The highest BCUT2D eigenvalue weighted by atomic mass is 19.1. The molecule has 32 heavy (non-hydrogen) atoms. The number of nitrogens with one attached hydrogen (secondary N) is 1. The van der Waals surface area contributed by atoms with Crippen LogP contribution in [0.4, 0.5) is 21.5 Å². The van der Waals surface area contributed by atoms with Gasteiger partial charge in [-0.05, 0) is 47.7 Å². The highest BCUT2D eigenvalue weighted by molar-refractivity contribution is 6.10. The van der Waals surface area contributed by atoms with Gasteiger partial charge in [-0.3, -0.25) is 19.9 Å². The maximum Gasteiger partial charge on any atom is 0.269 e. The van der Waals surface area contributed by atoms with E-state index in [1.807, 2.05) is 24.3 Å². The molecule has 160 valence electrons. The van der Waals surface area contributed by atoms with E-state index in [0.29, 0.717) is 18.4 Å². The number of hydrogen-bond acceptors (Lipinski definition) is 5. The van der Waals surface area contributed by atoms with E-state index in [0.717, 1.165) is 22.6 Å². The first kappa shape index (κ1) is 20.1. The summed E-state index contributed by atoms with van der Waals surface area (Å²) < 4.78 is 13.4. The van der Waals surface area contributed by atoms with Crippen LogP contribution in [-0.4, -0.2) is 16.4 Å². The molecular weight excluding hydrogens is 409 g/mol. The van der Waals surface area contributed by atoms with Crippen LogP contribution in [0.2, 0.25) is 0 Å². The molecule has 3 atom stereocenters. The molecular formula is C25H20FN3O3. The van der Waals surface area contributed by atoms with E-state index in [9.17, 15) is 19.3 Å². The molecule has 0 radical (unpaired) electrons. The average molecular weight is 429 g/mol. The Morgan fingerprint density at radius 2 is 1.75 bits per heavy atom. The molecule has 0 bridgehead atoms. The van der Waals surface area contributed by atoms with Gasteiger partial charge in [0.2, 0.25) is 0 Å². The van der Waals surface area contributed by atoms with Gasteiger partial charge in [0.15, 0.2) is 0 Å². The second kappa shape index (κ2) is 8.00. The Kier molecular flexibility index (Phi) is 5.01. The van der Waals surface area contributed by atoms with Crippen molar-refractivity contribution in [3.8, 4) is 0 Å². The monoisotopic (exact) mass is 429 g/mol. The first-order valence-electron chi connectivity index (χ1n) is 10.4. The number of nitrogens with zero attached hydrogens (tertiary/aromatic N) is 2. The number of aliphatic imine (C=N–C) groups is 1. The minimum atomic E-state index is -0.541. The summed E-state index contributed by atoms with van der Waals surface area (Å²) in [7, 11) is 0. The number of halogens is 1. The smallest absolute Gasteiger partial charge is 0.269 e. The summed E-state index contributed by atoms with van der Waals surface area (Å²) in [6.45, 7) is 0. The number of carbonyl (C=O) groups is 1. The van der Waals surface area contributed by atoms with Crippen molar-refractivity contribution in [2.24, 2.45) is 10.9 Å². The molecule has 5 rings (SSSR count). The lowest BCUT2D eigenvalue weighted by atomic mass is 9.72. The molecule has 3 aromatic rings. The van der Waals surface area contributed by atoms with Crippen LogP contribution >= 0.6 is 0 Å². The van der Waals surface area contributed by atoms with E-state index in [2.05, 4.69) is 5.32 Å². The molecule has 0 spiro atoms. The summed E-state index contributed by atoms with van der Waals surface area (Å²) in [5.74, 6) is -0.930. The molecule has 6 nitrogen and oxygen atoms in total. The number of non-ortho nitro benzene ring substituents is 1. The largest absolute Gasteiger partial charge is 0.375 e. The van der Waals surface area contributed by atoms with Gasteiger partial charge in [0.05, 0.1) is 28.3 Å². The molecule has 1 saturated carbocycles. The van der Waals surface area contributed by atoms with Crippen molar-refractivity contribution < 1.29 is 14.1 Å². The molecule has 2 aliphatic rings. The van der Waals surface area contributed by atoms with Gasteiger partial charge in [-0.2, -0.15) is 0 Å². The molecule has 0 unspecified atom stereocenters. The molecule has 0 amide bonds. The highest BCUT2D eigenvalue weighted by Crippen LogP contribution is 2.44. The third kappa shape index (κ3) is 3.66. The zero-order valence-electron chi connectivity index (χ0n) is 17.1. The maximum atomic E-state index is 13.5. The van der Waals surface area contributed by atoms with Crippen molar-refractivity contribution in [3.05, 3.63) is 99.9 Å². The van der Waals surface area contributed by atoms with Gasteiger partial charge >= 0.3 is 0 Å². The fourth-order valence-electron chi connectivity index (χ4n) is 4.68. The van der Waals surface area contributed by atoms with Crippen LogP contribution in [0.3, 0.4) is 0 Å². The number of hydrogen-bond donors (Lipinski definition) is 1. The minimum absolute atomic E-state index is 0.0149. The van der Waals surface area contributed by atoms with E-state index >= 15 is 0 Å². The van der Waals surface area contributed by atoms with Crippen molar-refractivity contribution in [2.45, 2.75) is 24.8 Å². The number of carbonyl (C=O) groups excluding carboxylic acids is 1. The Bertz CT molecular complexity index is 1240. The van der Waals surface area contributed by atoms with Crippen LogP contribution in [0.25, 0.3) is 0 Å². The summed E-state index contributed by atoms with van der Waals surface area (Å²) >= 11 is 0. The highest BCUT2D eigenvalue weighted by Gasteiger charge is 2.41. The molecule has 1 fully saturated rings. The number of nitro benzene ring substituents is 1. The molecule has 1 aliphatic carbocycles. The minimum Gasteiger partial charge on any atom is -0.375 e. The summed E-state index contributed by atoms with van der Waals surface area (Å²) in [6, 6.07) is 19.7. The number of fused-ring (bicyclic) bond motifs is 2. The van der Waals surface area contributed by atoms with Crippen LogP contribution in [0.5, 0.6) is 0 Å². The zero-order chi connectivity index (χ0) is 22.2.